The standard InChI is InChI=1S/C10H22O7P2/c1-5-13-18(11,14-6-2)10-9-17-19(12,15-7-3)16-8-4/h9-10H,5-8H2,1-4H3. The molecule has 0 saturated heterocycles. The van der Waals surface area contributed by atoms with E-state index in [9.17, 15) is 9.13 Å². The number of hydrogen-bond acceptors (Lipinski definition) is 7. The molecule has 0 heterocycles. The van der Waals surface area contributed by atoms with E-state index in [0.29, 0.717) is 0 Å². The molecule has 0 rings (SSSR count). The lowest BCUT2D eigenvalue weighted by Crippen LogP contribution is -1.97. The van der Waals surface area contributed by atoms with Crippen LogP contribution in [0.3, 0.4) is 0 Å². The lowest BCUT2D eigenvalue weighted by Gasteiger charge is -2.15. The summed E-state index contributed by atoms with van der Waals surface area (Å²) in [6.45, 7) is 7.46. The predicted molar refractivity (Wildman–Crippen MR) is 71.9 cm³/mol. The van der Waals surface area contributed by atoms with Gasteiger partial charge in [0.1, 0.15) is 6.26 Å². The Balaban J connectivity index is 4.67. The fourth-order valence-corrected chi connectivity index (χ4v) is 3.38. The van der Waals surface area contributed by atoms with Crippen molar-refractivity contribution in [3.63, 3.8) is 0 Å². The first-order valence-electron chi connectivity index (χ1n) is 6.09. The lowest BCUT2D eigenvalue weighted by molar-refractivity contribution is 0.153. The summed E-state index contributed by atoms with van der Waals surface area (Å²) in [5.41, 5.74) is 0. The van der Waals surface area contributed by atoms with Gasteiger partial charge in [-0.3, -0.25) is 13.6 Å². The Hall–Kier alpha value is -0.160. The van der Waals surface area contributed by atoms with Crippen molar-refractivity contribution in [2.24, 2.45) is 0 Å². The summed E-state index contributed by atoms with van der Waals surface area (Å²) in [5, 5.41) is 0. The summed E-state index contributed by atoms with van der Waals surface area (Å²) in [4.78, 5) is 0. The molecule has 0 aliphatic carbocycles. The Kier molecular flexibility index (Phi) is 9.62. The number of rotatable bonds is 11. The first-order valence-corrected chi connectivity index (χ1v) is 9.16. The summed E-state index contributed by atoms with van der Waals surface area (Å²) in [6.07, 6.45) is 0.970. The van der Waals surface area contributed by atoms with Gasteiger partial charge in [0, 0.05) is 0 Å². The topological polar surface area (TPSA) is 80.3 Å². The fraction of sp³-hybridized carbons (Fsp3) is 0.800. The van der Waals surface area contributed by atoms with Crippen LogP contribution in [-0.4, -0.2) is 26.4 Å². The molecule has 19 heavy (non-hydrogen) atoms. The molecule has 0 N–H and O–H groups in total. The van der Waals surface area contributed by atoms with E-state index in [4.69, 9.17) is 22.6 Å². The third-order valence-electron chi connectivity index (χ3n) is 1.63. The molecule has 0 atom stereocenters. The Morgan fingerprint density at radius 2 is 1.21 bits per heavy atom. The van der Waals surface area contributed by atoms with Crippen molar-refractivity contribution < 1.29 is 31.7 Å². The highest BCUT2D eigenvalue weighted by atomic mass is 31.2. The Morgan fingerprint density at radius 3 is 1.58 bits per heavy atom. The molecule has 0 aromatic rings. The molecule has 114 valence electrons. The number of hydrogen-bond donors (Lipinski definition) is 0. The van der Waals surface area contributed by atoms with Gasteiger partial charge in [-0.25, -0.2) is 4.57 Å². The quantitative estimate of drug-likeness (QED) is 0.422. The predicted octanol–water partition coefficient (Wildman–Crippen LogP) is 3.92. The minimum atomic E-state index is -3.66. The zero-order valence-corrected chi connectivity index (χ0v) is 13.5. The highest BCUT2D eigenvalue weighted by Gasteiger charge is 2.26. The monoisotopic (exact) mass is 316 g/mol. The van der Waals surface area contributed by atoms with E-state index < -0.39 is 15.4 Å². The third kappa shape index (κ3) is 7.88. The first kappa shape index (κ1) is 18.8. The van der Waals surface area contributed by atoms with E-state index in [1.807, 2.05) is 0 Å². The second-order valence-electron chi connectivity index (χ2n) is 3.05. The summed E-state index contributed by atoms with van der Waals surface area (Å²) >= 11 is 0. The van der Waals surface area contributed by atoms with E-state index in [2.05, 4.69) is 0 Å². The Bertz CT molecular complexity index is 336. The van der Waals surface area contributed by atoms with Crippen LogP contribution in [0.4, 0.5) is 0 Å². The van der Waals surface area contributed by atoms with Gasteiger partial charge in [-0.15, -0.1) is 0 Å². The average molecular weight is 316 g/mol. The van der Waals surface area contributed by atoms with Gasteiger partial charge in [-0.2, -0.15) is 0 Å². The van der Waals surface area contributed by atoms with Crippen LogP contribution in [0.2, 0.25) is 0 Å². The van der Waals surface area contributed by atoms with Crippen molar-refractivity contribution in [1.29, 1.82) is 0 Å². The van der Waals surface area contributed by atoms with Gasteiger partial charge in [-0.1, -0.05) is 0 Å². The van der Waals surface area contributed by atoms with Crippen molar-refractivity contribution in [3.05, 3.63) is 12.1 Å². The molecular weight excluding hydrogens is 294 g/mol. The molecule has 0 unspecified atom stereocenters. The van der Waals surface area contributed by atoms with Gasteiger partial charge in [-0.05, 0) is 27.7 Å². The maximum Gasteiger partial charge on any atom is 0.529 e. The molecule has 7 nitrogen and oxygen atoms in total. The van der Waals surface area contributed by atoms with Crippen molar-refractivity contribution in [1.82, 2.24) is 0 Å². The normalized spacial score (nSPS) is 13.1. The largest absolute Gasteiger partial charge is 0.529 e. The van der Waals surface area contributed by atoms with Crippen LogP contribution in [0.5, 0.6) is 0 Å². The van der Waals surface area contributed by atoms with E-state index in [1.54, 1.807) is 27.7 Å². The minimum Gasteiger partial charge on any atom is -0.412 e. The van der Waals surface area contributed by atoms with Crippen LogP contribution in [0.1, 0.15) is 27.7 Å². The SMILES string of the molecule is CCOP(=O)(C=COP(=O)(OCC)OCC)OCC. The molecular formula is C10H22O7P2. The van der Waals surface area contributed by atoms with Gasteiger partial charge >= 0.3 is 15.4 Å². The molecule has 0 radical (unpaired) electrons. The summed E-state index contributed by atoms with van der Waals surface area (Å²) in [6, 6.07) is 0. The molecule has 0 aliphatic heterocycles. The van der Waals surface area contributed by atoms with Crippen molar-refractivity contribution in [2.75, 3.05) is 26.4 Å². The lowest BCUT2D eigenvalue weighted by atomic mass is 10.9. The van der Waals surface area contributed by atoms with Crippen molar-refractivity contribution >= 4 is 15.4 Å². The van der Waals surface area contributed by atoms with Crippen LogP contribution in [0.15, 0.2) is 12.1 Å². The average Bonchev–Trinajstić information content (AvgIpc) is 2.29. The van der Waals surface area contributed by atoms with Crippen LogP contribution in [0, 0.1) is 0 Å². The van der Waals surface area contributed by atoms with Crippen molar-refractivity contribution in [3.8, 4) is 0 Å². The van der Waals surface area contributed by atoms with Crippen LogP contribution in [0.25, 0.3) is 0 Å². The summed E-state index contributed by atoms with van der Waals surface area (Å²) in [7, 11) is -7.04. The maximum absolute atomic E-state index is 12.0. The Morgan fingerprint density at radius 1 is 0.789 bits per heavy atom. The number of phosphoric ester groups is 1. The molecule has 0 aromatic heterocycles. The van der Waals surface area contributed by atoms with Crippen molar-refractivity contribution in [2.45, 2.75) is 27.7 Å². The maximum atomic E-state index is 12.0. The second kappa shape index (κ2) is 9.70. The molecule has 0 aromatic carbocycles. The fourth-order valence-electron chi connectivity index (χ4n) is 1.07. The van der Waals surface area contributed by atoms with Crippen LogP contribution >= 0.6 is 15.4 Å². The van der Waals surface area contributed by atoms with E-state index >= 15 is 0 Å². The molecule has 0 bridgehead atoms. The minimum absolute atomic E-state index is 0.166. The molecule has 0 spiro atoms. The molecule has 0 fully saturated rings. The van der Waals surface area contributed by atoms with Gasteiger partial charge < -0.3 is 13.6 Å². The molecule has 0 saturated carbocycles. The third-order valence-corrected chi connectivity index (χ3v) is 4.88. The zero-order valence-electron chi connectivity index (χ0n) is 11.7. The highest BCUT2D eigenvalue weighted by Crippen LogP contribution is 2.53. The van der Waals surface area contributed by atoms with E-state index in [0.717, 1.165) is 12.1 Å². The highest BCUT2D eigenvalue weighted by molar-refractivity contribution is 7.57. The smallest absolute Gasteiger partial charge is 0.412 e. The summed E-state index contributed by atoms with van der Waals surface area (Å²) in [5.74, 6) is 1.09. The van der Waals surface area contributed by atoms with E-state index in [-0.39, 0.29) is 26.4 Å². The zero-order chi connectivity index (χ0) is 14.8. The van der Waals surface area contributed by atoms with E-state index in [1.165, 1.54) is 0 Å². The van der Waals surface area contributed by atoms with Crippen LogP contribution in [-0.2, 0) is 31.7 Å². The van der Waals surface area contributed by atoms with Gasteiger partial charge in [0.2, 0.25) is 0 Å². The molecule has 9 heteroatoms. The first-order chi connectivity index (χ1) is 8.95. The molecule has 0 amide bonds. The number of phosphoric acid groups is 1. The summed E-state index contributed by atoms with van der Waals surface area (Å²) < 4.78 is 48.6. The second-order valence-corrected chi connectivity index (χ2v) is 6.56. The molecule has 0 aliphatic rings. The van der Waals surface area contributed by atoms with Gasteiger partial charge in [0.25, 0.3) is 0 Å². The Labute approximate surface area is 114 Å². The van der Waals surface area contributed by atoms with Gasteiger partial charge in [0.15, 0.2) is 0 Å². The van der Waals surface area contributed by atoms with Gasteiger partial charge in [0.05, 0.1) is 32.2 Å². The van der Waals surface area contributed by atoms with Crippen LogP contribution < -0.4 is 0 Å².